The van der Waals surface area contributed by atoms with Crippen LogP contribution in [0.3, 0.4) is 0 Å². The highest BCUT2D eigenvalue weighted by molar-refractivity contribution is 5.98. The van der Waals surface area contributed by atoms with E-state index in [1.165, 1.54) is 7.11 Å². The highest BCUT2D eigenvalue weighted by atomic mass is 19.4. The first-order valence-corrected chi connectivity index (χ1v) is 22.1. The molecule has 4 aliphatic carbocycles. The first-order chi connectivity index (χ1) is 31.3. The van der Waals surface area contributed by atoms with Gasteiger partial charge in [0.25, 0.3) is 0 Å². The van der Waals surface area contributed by atoms with Gasteiger partial charge < -0.3 is 14.9 Å². The molecule has 12 heteroatoms. The van der Waals surface area contributed by atoms with Crippen LogP contribution in [-0.2, 0) is 34.8 Å². The van der Waals surface area contributed by atoms with Crippen LogP contribution in [0.4, 0.5) is 26.3 Å². The highest BCUT2D eigenvalue weighted by Gasteiger charge is 2.62. The summed E-state index contributed by atoms with van der Waals surface area (Å²) in [6, 6.07) is 33.9. The fourth-order valence-electron chi connectivity index (χ4n) is 10.9. The maximum absolute atomic E-state index is 13.8. The molecular formula is C54H51F6NO5. The number of rotatable bonds is 8. The third-order valence-electron chi connectivity index (χ3n) is 14.7. The monoisotopic (exact) mass is 907 g/mol. The summed E-state index contributed by atoms with van der Waals surface area (Å²) in [5.74, 6) is -1.45. The lowest BCUT2D eigenvalue weighted by Crippen LogP contribution is -2.55. The lowest BCUT2D eigenvalue weighted by Gasteiger charge is -2.51. The van der Waals surface area contributed by atoms with Crippen molar-refractivity contribution in [2.24, 2.45) is 11.8 Å². The molecule has 1 aromatic heterocycles. The van der Waals surface area contributed by atoms with Crippen molar-refractivity contribution in [3.05, 3.63) is 183 Å². The van der Waals surface area contributed by atoms with E-state index in [1.54, 1.807) is 42.6 Å². The normalized spacial score (nSPS) is 26.4. The Hall–Kier alpha value is -5.85. The Balaban J connectivity index is 0.000000182. The third-order valence-corrected chi connectivity index (χ3v) is 14.7. The van der Waals surface area contributed by atoms with E-state index >= 15 is 0 Å². The maximum atomic E-state index is 13.8. The molecule has 6 nitrogen and oxygen atoms in total. The molecule has 2 saturated carbocycles. The molecule has 0 aliphatic heterocycles. The predicted molar refractivity (Wildman–Crippen MR) is 240 cm³/mol. The molecule has 0 spiro atoms. The number of Topliss-reactive ketones (excluding diaryl/α,β-unsaturated/α-hetero) is 1. The number of aryl methyl sites for hydroxylation is 1. The zero-order valence-electron chi connectivity index (χ0n) is 36.6. The van der Waals surface area contributed by atoms with Gasteiger partial charge in [-0.2, -0.15) is 26.3 Å². The number of fused-ring (bicyclic) bond motifs is 6. The number of aromatic nitrogens is 1. The first-order valence-electron chi connectivity index (χ1n) is 22.1. The Bertz CT molecular complexity index is 2660. The number of hydrogen-bond donors (Lipinski definition) is 2. The van der Waals surface area contributed by atoms with E-state index in [1.807, 2.05) is 104 Å². The lowest BCUT2D eigenvalue weighted by molar-refractivity contribution is -0.277. The first kappa shape index (κ1) is 46.7. The molecule has 9 rings (SSSR count). The van der Waals surface area contributed by atoms with Crippen molar-refractivity contribution in [1.82, 2.24) is 4.98 Å². The zero-order chi connectivity index (χ0) is 47.1. The number of allylic oxidation sites excluding steroid dienone is 2. The van der Waals surface area contributed by atoms with Gasteiger partial charge in [-0.15, -0.1) is 0 Å². The van der Waals surface area contributed by atoms with Crippen LogP contribution in [0.15, 0.2) is 128 Å². The molecule has 6 atom stereocenters. The quantitative estimate of drug-likeness (QED) is 0.0915. The smallest absolute Gasteiger partial charge is 0.417 e. The number of alkyl halides is 6. The van der Waals surface area contributed by atoms with Crippen LogP contribution in [0.1, 0.15) is 104 Å². The van der Waals surface area contributed by atoms with Crippen LogP contribution in [0.5, 0.6) is 0 Å². The molecule has 0 unspecified atom stereocenters. The molecule has 2 fully saturated rings. The van der Waals surface area contributed by atoms with E-state index in [9.17, 15) is 46.1 Å². The van der Waals surface area contributed by atoms with Gasteiger partial charge in [0.1, 0.15) is 0 Å². The highest BCUT2D eigenvalue weighted by Crippen LogP contribution is 2.58. The molecular weight excluding hydrogens is 857 g/mol. The number of ketones is 1. The summed E-state index contributed by atoms with van der Waals surface area (Å²) < 4.78 is 86.9. The molecule has 4 aromatic carbocycles. The number of ether oxygens (including phenoxy) is 1. The Morgan fingerprint density at radius 2 is 1.12 bits per heavy atom. The molecule has 344 valence electrons. The van der Waals surface area contributed by atoms with Crippen molar-refractivity contribution in [1.29, 1.82) is 0 Å². The molecule has 0 radical (unpaired) electrons. The SMILES string of the molecule is COC(=O)c1ccc2c(c1)C=C[C@@H]1C[C@@](O)(C(F)(F)F)CC[C@@]21Cc1ccccc1.Cc1ncccc1CC(=O)c1ccc2c(c1)C=C[C@@H]1C[C@@](O)(C(F)(F)F)CC[C@@]21Cc1ccccc1. The standard InChI is InChI=1S/C30H28F3NO2.C24H23F3O3/c1-20-22(8-5-15-34-20)17-27(35)24-10-12-26-23(16-24)9-11-25-19-29(36,30(31,32)33)14-13-28(25,26)18-21-6-3-2-4-7-21;1-30-21(28)18-8-10-20-17(13-18)7-9-19-15-23(29,24(25,26)27)12-11-22(19,20)14-16-5-3-2-4-6-16/h2-12,15-16,25,36H,13-14,17-19H2,1H3;2-10,13,19,29H,11-12,14-15H2,1H3/t25-,28+,29-;19-,22+,23-/m11/s1. The average Bonchev–Trinajstić information content (AvgIpc) is 3.29. The molecule has 4 aliphatic rings. The van der Waals surface area contributed by atoms with Crippen molar-refractivity contribution in [3.63, 3.8) is 0 Å². The van der Waals surface area contributed by atoms with Crippen LogP contribution in [0, 0.1) is 18.8 Å². The summed E-state index contributed by atoms with van der Waals surface area (Å²) in [5.41, 5.74) is 1.66. The van der Waals surface area contributed by atoms with Gasteiger partial charge in [0.15, 0.2) is 17.0 Å². The number of hydrogen-bond acceptors (Lipinski definition) is 6. The lowest BCUT2D eigenvalue weighted by atomic mass is 9.54. The van der Waals surface area contributed by atoms with E-state index in [2.05, 4.69) is 4.98 Å². The van der Waals surface area contributed by atoms with Gasteiger partial charge in [-0.3, -0.25) is 9.78 Å². The molecule has 0 saturated heterocycles. The van der Waals surface area contributed by atoms with Gasteiger partial charge in [0.2, 0.25) is 0 Å². The van der Waals surface area contributed by atoms with Crippen LogP contribution in [0.25, 0.3) is 12.2 Å². The Labute approximate surface area is 380 Å². The van der Waals surface area contributed by atoms with Crippen molar-refractivity contribution in [2.75, 3.05) is 7.11 Å². The van der Waals surface area contributed by atoms with E-state index in [4.69, 9.17) is 4.74 Å². The second-order valence-corrected chi connectivity index (χ2v) is 18.5. The molecule has 1 heterocycles. The Morgan fingerprint density at radius 1 is 0.652 bits per heavy atom. The van der Waals surface area contributed by atoms with Gasteiger partial charge in [0.05, 0.1) is 12.7 Å². The largest absolute Gasteiger partial charge is 0.465 e. The zero-order valence-corrected chi connectivity index (χ0v) is 36.6. The van der Waals surface area contributed by atoms with Gasteiger partial charge in [-0.25, -0.2) is 4.79 Å². The second kappa shape index (κ2) is 17.8. The maximum Gasteiger partial charge on any atom is 0.417 e. The predicted octanol–water partition coefficient (Wildman–Crippen LogP) is 11.5. The number of halogens is 6. The minimum atomic E-state index is -4.68. The van der Waals surface area contributed by atoms with E-state index in [0.29, 0.717) is 24.0 Å². The van der Waals surface area contributed by atoms with E-state index in [-0.39, 0.29) is 50.7 Å². The van der Waals surface area contributed by atoms with Crippen molar-refractivity contribution < 1.29 is 50.9 Å². The number of methoxy groups -OCH3 is 1. The fourth-order valence-corrected chi connectivity index (χ4v) is 10.9. The Morgan fingerprint density at radius 3 is 1.58 bits per heavy atom. The summed E-state index contributed by atoms with van der Waals surface area (Å²) in [6.45, 7) is 1.87. The van der Waals surface area contributed by atoms with Gasteiger partial charge in [-0.1, -0.05) is 109 Å². The second-order valence-electron chi connectivity index (χ2n) is 18.5. The van der Waals surface area contributed by atoms with Crippen LogP contribution >= 0.6 is 0 Å². The third kappa shape index (κ3) is 8.77. The summed E-state index contributed by atoms with van der Waals surface area (Å²) in [4.78, 5) is 29.3. The number of aliphatic hydroxyl groups is 2. The average molecular weight is 908 g/mol. The number of nitrogens with zero attached hydrogens (tertiary/aromatic N) is 1. The summed E-state index contributed by atoms with van der Waals surface area (Å²) in [7, 11) is 1.31. The number of carbonyl (C=O) groups is 2. The summed E-state index contributed by atoms with van der Waals surface area (Å²) >= 11 is 0. The summed E-state index contributed by atoms with van der Waals surface area (Å²) in [6.07, 6.45) is -0.225. The van der Waals surface area contributed by atoms with Gasteiger partial charge in [-0.05, 0) is 133 Å². The van der Waals surface area contributed by atoms with Gasteiger partial charge in [0, 0.05) is 34.7 Å². The molecule has 5 aromatic rings. The Kier molecular flexibility index (Phi) is 12.6. The molecule has 66 heavy (non-hydrogen) atoms. The number of pyridine rings is 1. The number of esters is 1. The number of benzene rings is 4. The van der Waals surface area contributed by atoms with Crippen molar-refractivity contribution >= 4 is 23.9 Å². The molecule has 0 bridgehead atoms. The van der Waals surface area contributed by atoms with Gasteiger partial charge >= 0.3 is 18.3 Å². The van der Waals surface area contributed by atoms with E-state index < -0.39 is 52.2 Å². The minimum absolute atomic E-state index is 0.0309. The fraction of sp³-hybridized carbons (Fsp3) is 0.352. The van der Waals surface area contributed by atoms with Crippen LogP contribution < -0.4 is 0 Å². The van der Waals surface area contributed by atoms with Crippen LogP contribution in [0.2, 0.25) is 0 Å². The summed E-state index contributed by atoms with van der Waals surface area (Å²) in [5, 5.41) is 20.9. The molecule has 0 amide bonds. The number of carbonyl (C=O) groups excluding carboxylic acids is 2. The topological polar surface area (TPSA) is 96.7 Å². The van der Waals surface area contributed by atoms with Crippen molar-refractivity contribution in [3.8, 4) is 0 Å². The van der Waals surface area contributed by atoms with Crippen molar-refractivity contribution in [2.45, 2.75) is 99.1 Å². The minimum Gasteiger partial charge on any atom is -0.465 e. The van der Waals surface area contributed by atoms with Crippen LogP contribution in [-0.4, -0.2) is 57.6 Å². The van der Waals surface area contributed by atoms with E-state index in [0.717, 1.165) is 44.6 Å². The molecule has 2 N–H and O–H groups in total.